The van der Waals surface area contributed by atoms with E-state index in [0.29, 0.717) is 11.8 Å². The number of hydrogen-bond donors (Lipinski definition) is 0. The van der Waals surface area contributed by atoms with Gasteiger partial charge in [-0.15, -0.1) is 0 Å². The zero-order valence-corrected chi connectivity index (χ0v) is 36.8. The van der Waals surface area contributed by atoms with Gasteiger partial charge in [0.15, 0.2) is 0 Å². The number of fused-ring (bicyclic) bond motifs is 14. The van der Waals surface area contributed by atoms with E-state index >= 15 is 0 Å². The van der Waals surface area contributed by atoms with Crippen molar-refractivity contribution < 1.29 is 0 Å². The van der Waals surface area contributed by atoms with Crippen molar-refractivity contribution in [3.05, 3.63) is 264 Å². The maximum absolute atomic E-state index is 2.53. The van der Waals surface area contributed by atoms with Crippen LogP contribution in [0.5, 0.6) is 0 Å². The summed E-state index contributed by atoms with van der Waals surface area (Å²) < 4.78 is 2.53. The Kier molecular flexibility index (Phi) is 7.67. The molecule has 0 spiro atoms. The maximum atomic E-state index is 2.53. The van der Waals surface area contributed by atoms with E-state index in [9.17, 15) is 0 Å². The van der Waals surface area contributed by atoms with E-state index in [2.05, 4.69) is 241 Å². The number of rotatable bonds is 5. The van der Waals surface area contributed by atoms with Crippen LogP contribution in [-0.4, -0.2) is 4.57 Å². The molecule has 67 heavy (non-hydrogen) atoms. The minimum Gasteiger partial charge on any atom is -0.309 e. The standard InChI is InChI=1S/C66H43N/c1-3-16-46(17-4-1)66(47-18-5-2-6-19-47)61-26-14-13-24-53(61)54-32-31-48(40-62(54)66)67-63-33-29-42(56-35-41-15-7-8-20-49(41)50-21-9-10-22-51(50)56)37-59(63)60-38-43(30-34-64(60)67)57-39-45-28-27-44-36-58(44)65(45)55-25-12-11-23-52(55)57/h1-35,37-40,44,58H,36H2. The smallest absolute Gasteiger partial charge is 0.0714 e. The molecule has 1 saturated carbocycles. The van der Waals surface area contributed by atoms with E-state index in [4.69, 9.17) is 0 Å². The lowest BCUT2D eigenvalue weighted by atomic mass is 9.67. The molecule has 0 bridgehead atoms. The molecule has 0 aliphatic heterocycles. The third-order valence-corrected chi connectivity index (χ3v) is 15.7. The molecule has 1 heteroatoms. The van der Waals surface area contributed by atoms with Crippen LogP contribution in [0.25, 0.3) is 99.3 Å². The molecule has 0 radical (unpaired) electrons. The fourth-order valence-electron chi connectivity index (χ4n) is 12.7. The highest BCUT2D eigenvalue weighted by atomic mass is 15.0. The van der Waals surface area contributed by atoms with Gasteiger partial charge in [0.2, 0.25) is 0 Å². The third-order valence-electron chi connectivity index (χ3n) is 15.7. The fraction of sp³-hybridized carbons (Fsp3) is 0.0606. The Balaban J connectivity index is 1.01. The quantitative estimate of drug-likeness (QED) is 0.152. The molecule has 2 atom stereocenters. The lowest BCUT2D eigenvalue weighted by Gasteiger charge is -2.34. The van der Waals surface area contributed by atoms with Gasteiger partial charge in [0.05, 0.1) is 16.4 Å². The Morgan fingerprint density at radius 1 is 0.388 bits per heavy atom. The number of nitrogens with zero attached hydrogens (tertiary/aromatic N) is 1. The van der Waals surface area contributed by atoms with Crippen LogP contribution in [0.15, 0.2) is 231 Å². The van der Waals surface area contributed by atoms with Crippen molar-refractivity contribution in [2.45, 2.75) is 17.8 Å². The van der Waals surface area contributed by atoms with Crippen LogP contribution in [0.4, 0.5) is 0 Å². The molecular weight excluding hydrogens is 807 g/mol. The second kappa shape index (κ2) is 13.9. The molecule has 0 N–H and O–H groups in total. The first-order valence-corrected chi connectivity index (χ1v) is 23.8. The highest BCUT2D eigenvalue weighted by Crippen LogP contribution is 2.58. The summed E-state index contributed by atoms with van der Waals surface area (Å²) in [4.78, 5) is 0. The molecule has 312 valence electrons. The summed E-state index contributed by atoms with van der Waals surface area (Å²) in [5, 5.41) is 10.3. The van der Waals surface area contributed by atoms with Crippen LogP contribution in [0.3, 0.4) is 0 Å². The van der Waals surface area contributed by atoms with E-state index in [-0.39, 0.29) is 0 Å². The number of hydrogen-bond acceptors (Lipinski definition) is 0. The van der Waals surface area contributed by atoms with Gasteiger partial charge in [-0.3, -0.25) is 0 Å². The second-order valence-corrected chi connectivity index (χ2v) is 19.1. The van der Waals surface area contributed by atoms with Gasteiger partial charge in [0, 0.05) is 16.5 Å². The SMILES string of the molecule is C1=CC2CC2c2c1cc(-c1ccc3c(c1)c1cc(-c4cc5ccccc5c5ccccc45)ccc1n3-c1ccc3c(c1)C(c1ccccc1)(c1ccccc1)c1ccccc1-3)c1ccccc21. The molecule has 2 unspecified atom stereocenters. The van der Waals surface area contributed by atoms with Crippen molar-refractivity contribution in [1.29, 1.82) is 0 Å². The Hall–Kier alpha value is -8.26. The zero-order chi connectivity index (χ0) is 43.8. The molecule has 3 aliphatic rings. The fourth-order valence-corrected chi connectivity index (χ4v) is 12.7. The predicted octanol–water partition coefficient (Wildman–Crippen LogP) is 17.1. The molecule has 1 aromatic heterocycles. The first-order chi connectivity index (χ1) is 33.2. The van der Waals surface area contributed by atoms with E-state index < -0.39 is 5.41 Å². The normalized spacial score (nSPS) is 16.4. The highest BCUT2D eigenvalue weighted by molar-refractivity contribution is 6.17. The van der Waals surface area contributed by atoms with Gasteiger partial charge < -0.3 is 4.57 Å². The largest absolute Gasteiger partial charge is 0.309 e. The molecule has 1 fully saturated rings. The van der Waals surface area contributed by atoms with Crippen molar-refractivity contribution >= 4 is 60.2 Å². The molecule has 0 amide bonds. The number of aromatic nitrogens is 1. The van der Waals surface area contributed by atoms with Gasteiger partial charge in [-0.25, -0.2) is 0 Å². The first kappa shape index (κ1) is 37.0. The Morgan fingerprint density at radius 2 is 0.955 bits per heavy atom. The van der Waals surface area contributed by atoms with Crippen molar-refractivity contribution in [1.82, 2.24) is 4.57 Å². The molecule has 1 nitrogen and oxygen atoms in total. The molecule has 1 heterocycles. The maximum Gasteiger partial charge on any atom is 0.0714 e. The van der Waals surface area contributed by atoms with E-state index in [1.165, 1.54) is 127 Å². The predicted molar refractivity (Wildman–Crippen MR) is 281 cm³/mol. The van der Waals surface area contributed by atoms with Crippen LogP contribution < -0.4 is 0 Å². The third kappa shape index (κ3) is 5.20. The van der Waals surface area contributed by atoms with Gasteiger partial charge in [-0.1, -0.05) is 188 Å². The summed E-state index contributed by atoms with van der Waals surface area (Å²) in [6.45, 7) is 0. The zero-order valence-electron chi connectivity index (χ0n) is 36.8. The van der Waals surface area contributed by atoms with Gasteiger partial charge in [0.1, 0.15) is 0 Å². The summed E-state index contributed by atoms with van der Waals surface area (Å²) in [5.74, 6) is 1.34. The van der Waals surface area contributed by atoms with Crippen LogP contribution in [-0.2, 0) is 5.41 Å². The van der Waals surface area contributed by atoms with E-state index in [0.717, 1.165) is 5.69 Å². The minimum atomic E-state index is -0.497. The van der Waals surface area contributed by atoms with Gasteiger partial charge in [-0.05, 0) is 166 Å². The van der Waals surface area contributed by atoms with Crippen LogP contribution in [0, 0.1) is 5.92 Å². The molecule has 12 aromatic rings. The molecule has 15 rings (SSSR count). The Bertz CT molecular complexity index is 4040. The Morgan fingerprint density at radius 3 is 1.67 bits per heavy atom. The summed E-state index contributed by atoms with van der Waals surface area (Å²) in [5.41, 5.74) is 18.7. The minimum absolute atomic E-state index is 0.497. The average molecular weight is 850 g/mol. The summed E-state index contributed by atoms with van der Waals surface area (Å²) in [6.07, 6.45) is 6.10. The van der Waals surface area contributed by atoms with Crippen LogP contribution in [0.1, 0.15) is 45.7 Å². The van der Waals surface area contributed by atoms with Gasteiger partial charge in [-0.2, -0.15) is 0 Å². The molecule has 3 aliphatic carbocycles. The van der Waals surface area contributed by atoms with Gasteiger partial charge >= 0.3 is 0 Å². The van der Waals surface area contributed by atoms with E-state index in [1.807, 2.05) is 0 Å². The summed E-state index contributed by atoms with van der Waals surface area (Å²) >= 11 is 0. The van der Waals surface area contributed by atoms with Crippen LogP contribution >= 0.6 is 0 Å². The highest BCUT2D eigenvalue weighted by Gasteiger charge is 2.46. The topological polar surface area (TPSA) is 4.93 Å². The van der Waals surface area contributed by atoms with Crippen molar-refractivity contribution in [3.63, 3.8) is 0 Å². The van der Waals surface area contributed by atoms with E-state index in [1.54, 1.807) is 0 Å². The average Bonchev–Trinajstić information content (AvgIpc) is 4.05. The van der Waals surface area contributed by atoms with Crippen LogP contribution in [0.2, 0.25) is 0 Å². The first-order valence-electron chi connectivity index (χ1n) is 23.8. The number of benzene rings is 11. The molecule has 0 saturated heterocycles. The van der Waals surface area contributed by atoms with Crippen molar-refractivity contribution in [3.8, 4) is 39.1 Å². The van der Waals surface area contributed by atoms with Gasteiger partial charge in [0.25, 0.3) is 0 Å². The molecular formula is C66H43N. The lowest BCUT2D eigenvalue weighted by molar-refractivity contribution is 0.767. The summed E-state index contributed by atoms with van der Waals surface area (Å²) in [7, 11) is 0. The molecule has 11 aromatic carbocycles. The van der Waals surface area contributed by atoms with Crippen molar-refractivity contribution in [2.24, 2.45) is 5.92 Å². The monoisotopic (exact) mass is 849 g/mol. The number of allylic oxidation sites excluding steroid dienone is 1. The Labute approximate surface area is 389 Å². The second-order valence-electron chi connectivity index (χ2n) is 19.1. The lowest BCUT2D eigenvalue weighted by Crippen LogP contribution is -2.28. The summed E-state index contributed by atoms with van der Waals surface area (Å²) in [6, 6.07) is 84.7. The van der Waals surface area contributed by atoms with Crippen molar-refractivity contribution in [2.75, 3.05) is 0 Å².